The van der Waals surface area contributed by atoms with Crippen molar-refractivity contribution in [3.63, 3.8) is 0 Å². The fraction of sp³-hybridized carbons (Fsp3) is 0.214. The second kappa shape index (κ2) is 7.50. The molecule has 0 unspecified atom stereocenters. The van der Waals surface area contributed by atoms with E-state index in [0.717, 1.165) is 26.1 Å². The molecule has 144 valence electrons. The van der Waals surface area contributed by atoms with Gasteiger partial charge in [-0.3, -0.25) is 4.90 Å². The first kappa shape index (κ1) is 18.1. The van der Waals surface area contributed by atoms with Crippen molar-refractivity contribution in [1.82, 2.24) is 4.90 Å². The van der Waals surface area contributed by atoms with Gasteiger partial charge in [0, 0.05) is 6.54 Å². The molecule has 0 saturated carbocycles. The number of hydrogen-bond acceptors (Lipinski definition) is 1. The molecule has 0 fully saturated rings. The van der Waals surface area contributed by atoms with Crippen LogP contribution < -0.4 is 0 Å². The molecule has 1 heteroatoms. The molecule has 0 amide bonds. The summed E-state index contributed by atoms with van der Waals surface area (Å²) in [5.74, 6) is 0. The first-order valence-corrected chi connectivity index (χ1v) is 10.7. The predicted molar refractivity (Wildman–Crippen MR) is 124 cm³/mol. The molecule has 1 aliphatic carbocycles. The molecule has 0 bridgehead atoms. The highest BCUT2D eigenvalue weighted by Crippen LogP contribution is 2.42. The van der Waals surface area contributed by atoms with Crippen molar-refractivity contribution in [3.05, 3.63) is 95.6 Å². The van der Waals surface area contributed by atoms with Gasteiger partial charge in [0.05, 0.1) is 0 Å². The van der Waals surface area contributed by atoms with E-state index in [1.54, 1.807) is 0 Å². The summed E-state index contributed by atoms with van der Waals surface area (Å²) in [6, 6.07) is 29.5. The zero-order valence-electron chi connectivity index (χ0n) is 17.3. The Labute approximate surface area is 173 Å². The highest BCUT2D eigenvalue weighted by molar-refractivity contribution is 5.98. The van der Waals surface area contributed by atoms with Crippen LogP contribution in [0.15, 0.2) is 78.9 Å². The first-order valence-electron chi connectivity index (χ1n) is 10.7. The van der Waals surface area contributed by atoms with E-state index in [-0.39, 0.29) is 0 Å². The number of nitrogens with zero attached hydrogens (tertiary/aromatic N) is 1. The second-order valence-corrected chi connectivity index (χ2v) is 8.03. The van der Waals surface area contributed by atoms with Crippen LogP contribution in [-0.4, -0.2) is 18.0 Å². The maximum Gasteiger partial charge on any atom is 0.0233 e. The van der Waals surface area contributed by atoms with Gasteiger partial charge in [-0.15, -0.1) is 0 Å². The molecular weight excluding hydrogens is 350 g/mol. The van der Waals surface area contributed by atoms with Crippen LogP contribution in [0.1, 0.15) is 30.5 Å². The summed E-state index contributed by atoms with van der Waals surface area (Å²) in [6.45, 7) is 7.68. The third-order valence-electron chi connectivity index (χ3n) is 6.33. The molecule has 0 spiro atoms. The second-order valence-electron chi connectivity index (χ2n) is 8.03. The fourth-order valence-corrected chi connectivity index (χ4v) is 4.69. The van der Waals surface area contributed by atoms with Gasteiger partial charge in [-0.25, -0.2) is 0 Å². The van der Waals surface area contributed by atoms with Crippen LogP contribution in [0.4, 0.5) is 0 Å². The van der Waals surface area contributed by atoms with Crippen molar-refractivity contribution in [1.29, 1.82) is 0 Å². The Morgan fingerprint density at radius 2 is 1.24 bits per heavy atom. The zero-order valence-corrected chi connectivity index (χ0v) is 17.3. The lowest BCUT2D eigenvalue weighted by Gasteiger charge is -2.19. The first-order chi connectivity index (χ1) is 14.3. The van der Waals surface area contributed by atoms with Gasteiger partial charge >= 0.3 is 0 Å². The van der Waals surface area contributed by atoms with E-state index in [1.165, 1.54) is 49.7 Å². The number of fused-ring (bicyclic) bond motifs is 6. The van der Waals surface area contributed by atoms with Crippen molar-refractivity contribution >= 4 is 10.8 Å². The van der Waals surface area contributed by atoms with Gasteiger partial charge in [0.2, 0.25) is 0 Å². The molecule has 0 heterocycles. The molecule has 0 aliphatic heterocycles. The number of rotatable bonds is 4. The minimum absolute atomic E-state index is 0.989. The fourth-order valence-electron chi connectivity index (χ4n) is 4.69. The minimum atomic E-state index is 0.989. The van der Waals surface area contributed by atoms with Gasteiger partial charge in [0.25, 0.3) is 0 Å². The summed E-state index contributed by atoms with van der Waals surface area (Å²) in [7, 11) is 0. The van der Waals surface area contributed by atoms with Crippen LogP contribution in [-0.2, 0) is 13.0 Å². The molecule has 4 aromatic carbocycles. The lowest BCUT2D eigenvalue weighted by Crippen LogP contribution is -2.22. The van der Waals surface area contributed by atoms with Crippen LogP contribution >= 0.6 is 0 Å². The van der Waals surface area contributed by atoms with Crippen LogP contribution in [0.5, 0.6) is 0 Å². The molecular formula is C28H27N. The zero-order chi connectivity index (χ0) is 19.8. The summed E-state index contributed by atoms with van der Waals surface area (Å²) in [4.78, 5) is 2.48. The molecule has 5 rings (SSSR count). The SMILES string of the molecule is CCN(CC)Cc1ccc2c(c1)Cc1ccccc1-c1cc3ccccc3cc1-2. The highest BCUT2D eigenvalue weighted by Gasteiger charge is 2.20. The average Bonchev–Trinajstić information content (AvgIpc) is 2.90. The van der Waals surface area contributed by atoms with Gasteiger partial charge in [-0.2, -0.15) is 0 Å². The Morgan fingerprint density at radius 1 is 0.621 bits per heavy atom. The molecule has 1 nitrogen and oxygen atoms in total. The van der Waals surface area contributed by atoms with E-state index >= 15 is 0 Å². The van der Waals surface area contributed by atoms with E-state index in [0.29, 0.717) is 0 Å². The van der Waals surface area contributed by atoms with Gasteiger partial charge in [-0.05, 0) is 81.4 Å². The van der Waals surface area contributed by atoms with Crippen molar-refractivity contribution in [2.75, 3.05) is 13.1 Å². The third-order valence-corrected chi connectivity index (χ3v) is 6.33. The Morgan fingerprint density at radius 3 is 1.93 bits per heavy atom. The van der Waals surface area contributed by atoms with Crippen molar-refractivity contribution < 1.29 is 0 Å². The minimum Gasteiger partial charge on any atom is -0.300 e. The monoisotopic (exact) mass is 377 g/mol. The van der Waals surface area contributed by atoms with E-state index in [4.69, 9.17) is 0 Å². The Kier molecular flexibility index (Phi) is 4.69. The van der Waals surface area contributed by atoms with Crippen LogP contribution in [0.2, 0.25) is 0 Å². The highest BCUT2D eigenvalue weighted by atomic mass is 15.1. The van der Waals surface area contributed by atoms with E-state index in [9.17, 15) is 0 Å². The molecule has 4 aromatic rings. The molecule has 0 radical (unpaired) electrons. The predicted octanol–water partition coefficient (Wildman–Crippen LogP) is 6.92. The lowest BCUT2D eigenvalue weighted by atomic mass is 9.91. The number of hydrogen-bond donors (Lipinski definition) is 0. The van der Waals surface area contributed by atoms with Crippen LogP contribution in [0.25, 0.3) is 33.0 Å². The van der Waals surface area contributed by atoms with E-state index < -0.39 is 0 Å². The largest absolute Gasteiger partial charge is 0.300 e. The molecule has 0 aromatic heterocycles. The van der Waals surface area contributed by atoms with Crippen molar-refractivity contribution in [3.8, 4) is 22.3 Å². The lowest BCUT2D eigenvalue weighted by molar-refractivity contribution is 0.296. The smallest absolute Gasteiger partial charge is 0.0233 e. The topological polar surface area (TPSA) is 3.24 Å². The van der Waals surface area contributed by atoms with Gasteiger partial charge in [0.15, 0.2) is 0 Å². The van der Waals surface area contributed by atoms with Crippen molar-refractivity contribution in [2.45, 2.75) is 26.8 Å². The Balaban J connectivity index is 1.73. The third kappa shape index (κ3) is 3.26. The summed E-state index contributed by atoms with van der Waals surface area (Å²) in [6.07, 6.45) is 0.989. The normalized spacial score (nSPS) is 12.4. The van der Waals surface area contributed by atoms with E-state index in [2.05, 4.69) is 97.6 Å². The van der Waals surface area contributed by atoms with Crippen LogP contribution in [0, 0.1) is 0 Å². The summed E-state index contributed by atoms with van der Waals surface area (Å²) in [5.41, 5.74) is 9.74. The van der Waals surface area contributed by atoms with Gasteiger partial charge in [0.1, 0.15) is 0 Å². The molecule has 1 aliphatic rings. The maximum atomic E-state index is 2.48. The summed E-state index contributed by atoms with van der Waals surface area (Å²) < 4.78 is 0. The summed E-state index contributed by atoms with van der Waals surface area (Å²) in [5, 5.41) is 2.62. The molecule has 0 atom stereocenters. The quantitative estimate of drug-likeness (QED) is 0.328. The Hall–Kier alpha value is -2.90. The Bertz CT molecular complexity index is 1180. The van der Waals surface area contributed by atoms with Gasteiger partial charge in [-0.1, -0.05) is 80.6 Å². The number of benzene rings is 4. The van der Waals surface area contributed by atoms with Crippen LogP contribution in [0.3, 0.4) is 0 Å². The molecule has 0 saturated heterocycles. The maximum absolute atomic E-state index is 2.48. The van der Waals surface area contributed by atoms with Gasteiger partial charge < -0.3 is 0 Å². The average molecular weight is 378 g/mol. The standard InChI is InChI=1S/C28H27N/c1-3-29(4-2)19-20-13-14-26-24(15-20)16-23-11-7-8-12-25(23)27-17-21-9-5-6-10-22(21)18-28(26)27/h5-15,17-18H,3-4,16,19H2,1-2H3. The summed E-state index contributed by atoms with van der Waals surface area (Å²) >= 11 is 0. The van der Waals surface area contributed by atoms with E-state index in [1.807, 2.05) is 0 Å². The van der Waals surface area contributed by atoms with Crippen molar-refractivity contribution in [2.24, 2.45) is 0 Å². The molecule has 0 N–H and O–H groups in total. The molecule has 29 heavy (non-hydrogen) atoms.